The molecule has 96 valence electrons. The molecule has 4 aliphatic rings. The van der Waals surface area contributed by atoms with Gasteiger partial charge in [-0.25, -0.2) is 0 Å². The average Bonchev–Trinajstić information content (AvgIpc) is 2.86. The first kappa shape index (κ1) is 11.0. The Hall–Kier alpha value is -0.870. The zero-order chi connectivity index (χ0) is 12.1. The van der Waals surface area contributed by atoms with Crippen LogP contribution in [0.25, 0.3) is 0 Å². The van der Waals surface area contributed by atoms with Gasteiger partial charge < -0.3 is 10.2 Å². The Balaban J connectivity index is 1.50. The van der Waals surface area contributed by atoms with E-state index in [2.05, 4.69) is 10.2 Å². The van der Waals surface area contributed by atoms with E-state index in [-0.39, 0.29) is 5.91 Å². The van der Waals surface area contributed by atoms with Crippen molar-refractivity contribution in [2.75, 3.05) is 19.6 Å². The molecular weight excluding hydrogens is 244 g/mol. The van der Waals surface area contributed by atoms with Crippen molar-refractivity contribution >= 4 is 17.2 Å². The topological polar surface area (TPSA) is 32.3 Å². The second-order valence-corrected chi connectivity index (χ2v) is 6.87. The number of hydrogen-bond acceptors (Lipinski definition) is 3. The number of rotatable bonds is 2. The lowest BCUT2D eigenvalue weighted by Crippen LogP contribution is -2.64. The minimum Gasteiger partial charge on any atom is -0.349 e. The predicted molar refractivity (Wildman–Crippen MR) is 71.7 cm³/mol. The van der Waals surface area contributed by atoms with Crippen LogP contribution >= 0.6 is 11.3 Å². The highest BCUT2D eigenvalue weighted by atomic mass is 32.1. The summed E-state index contributed by atoms with van der Waals surface area (Å²) in [6, 6.07) is 2.34. The van der Waals surface area contributed by atoms with Crippen molar-refractivity contribution in [2.45, 2.75) is 18.9 Å². The molecule has 4 fully saturated rings. The quantitative estimate of drug-likeness (QED) is 0.881. The first-order valence-corrected chi connectivity index (χ1v) is 7.79. The van der Waals surface area contributed by atoms with Crippen molar-refractivity contribution in [3.8, 4) is 0 Å². The molecule has 1 aromatic rings. The first-order valence-electron chi connectivity index (χ1n) is 6.85. The summed E-state index contributed by atoms with van der Waals surface area (Å²) in [7, 11) is 0. The highest BCUT2D eigenvalue weighted by molar-refractivity contribution is 7.08. The van der Waals surface area contributed by atoms with E-state index in [4.69, 9.17) is 0 Å². The minimum atomic E-state index is 0.128. The van der Waals surface area contributed by atoms with Gasteiger partial charge in [0.25, 0.3) is 5.91 Å². The Morgan fingerprint density at radius 2 is 2.06 bits per heavy atom. The number of thiophene rings is 1. The largest absolute Gasteiger partial charge is 0.349 e. The molecule has 1 N–H and O–H groups in total. The van der Waals surface area contributed by atoms with Gasteiger partial charge in [-0.1, -0.05) is 0 Å². The van der Waals surface area contributed by atoms with Gasteiger partial charge in [-0.05, 0) is 42.0 Å². The molecule has 2 atom stereocenters. The number of nitrogens with zero attached hydrogens (tertiary/aromatic N) is 1. The number of piperidine rings is 3. The Morgan fingerprint density at radius 3 is 2.67 bits per heavy atom. The molecule has 1 aromatic heterocycles. The number of amides is 1. The molecule has 2 unspecified atom stereocenters. The van der Waals surface area contributed by atoms with Crippen molar-refractivity contribution < 1.29 is 4.79 Å². The summed E-state index contributed by atoms with van der Waals surface area (Å²) >= 11 is 1.59. The molecule has 1 aliphatic carbocycles. The highest BCUT2D eigenvalue weighted by Gasteiger charge is 2.47. The molecule has 1 saturated carbocycles. The zero-order valence-corrected chi connectivity index (χ0v) is 11.2. The molecule has 3 saturated heterocycles. The summed E-state index contributed by atoms with van der Waals surface area (Å²) in [5.74, 6) is 2.41. The maximum Gasteiger partial charge on any atom is 0.252 e. The van der Waals surface area contributed by atoms with Crippen molar-refractivity contribution in [3.05, 3.63) is 22.4 Å². The number of carbonyl (C=O) groups excluding carboxylic acids is 1. The second kappa shape index (κ2) is 4.07. The van der Waals surface area contributed by atoms with Gasteiger partial charge >= 0.3 is 0 Å². The van der Waals surface area contributed by atoms with Crippen LogP contribution in [0.15, 0.2) is 16.8 Å². The first-order chi connectivity index (χ1) is 8.79. The summed E-state index contributed by atoms with van der Waals surface area (Å²) in [4.78, 5) is 14.8. The Kier molecular flexibility index (Phi) is 2.49. The fourth-order valence-electron chi connectivity index (χ4n) is 4.27. The zero-order valence-electron chi connectivity index (χ0n) is 10.3. The van der Waals surface area contributed by atoms with Crippen LogP contribution in [0.5, 0.6) is 0 Å². The van der Waals surface area contributed by atoms with Crippen LogP contribution in [-0.2, 0) is 0 Å². The maximum atomic E-state index is 12.2. The van der Waals surface area contributed by atoms with Crippen LogP contribution in [0.4, 0.5) is 0 Å². The summed E-state index contributed by atoms with van der Waals surface area (Å²) in [5, 5.41) is 7.21. The van der Waals surface area contributed by atoms with Crippen LogP contribution in [0, 0.1) is 17.8 Å². The molecule has 4 bridgehead atoms. The van der Waals surface area contributed by atoms with Gasteiger partial charge in [-0.15, -0.1) is 0 Å². The lowest BCUT2D eigenvalue weighted by Gasteiger charge is -2.55. The molecule has 4 heterocycles. The van der Waals surface area contributed by atoms with E-state index in [0.717, 1.165) is 11.5 Å². The van der Waals surface area contributed by atoms with E-state index in [0.29, 0.717) is 17.9 Å². The molecular formula is C14H18N2OS. The maximum absolute atomic E-state index is 12.2. The molecule has 3 aliphatic heterocycles. The van der Waals surface area contributed by atoms with Gasteiger partial charge in [0.15, 0.2) is 0 Å². The third-order valence-corrected chi connectivity index (χ3v) is 5.55. The normalized spacial score (nSPS) is 41.0. The SMILES string of the molecule is O=C(NC1C2CC3CC1CN(C3)C2)c1ccsc1. The lowest BCUT2D eigenvalue weighted by molar-refractivity contribution is -0.0418. The van der Waals surface area contributed by atoms with Gasteiger partial charge in [-0.3, -0.25) is 4.79 Å². The van der Waals surface area contributed by atoms with E-state index >= 15 is 0 Å². The second-order valence-electron chi connectivity index (χ2n) is 6.09. The molecule has 0 aromatic carbocycles. The van der Waals surface area contributed by atoms with E-state index in [1.54, 1.807) is 11.3 Å². The molecule has 0 radical (unpaired) electrons. The van der Waals surface area contributed by atoms with Crippen LogP contribution in [0.1, 0.15) is 23.2 Å². The minimum absolute atomic E-state index is 0.128. The fourth-order valence-corrected chi connectivity index (χ4v) is 4.91. The average molecular weight is 262 g/mol. The summed E-state index contributed by atoms with van der Waals surface area (Å²) in [6.07, 6.45) is 2.64. The molecule has 1 amide bonds. The van der Waals surface area contributed by atoms with Crippen LogP contribution in [0.2, 0.25) is 0 Å². The lowest BCUT2D eigenvalue weighted by atomic mass is 9.65. The summed E-state index contributed by atoms with van der Waals surface area (Å²) < 4.78 is 0. The van der Waals surface area contributed by atoms with E-state index in [9.17, 15) is 4.79 Å². The Bertz CT molecular complexity index is 428. The van der Waals surface area contributed by atoms with Crippen molar-refractivity contribution in [1.82, 2.24) is 10.2 Å². The molecule has 18 heavy (non-hydrogen) atoms. The Labute approximate surface area is 111 Å². The molecule has 5 rings (SSSR count). The monoisotopic (exact) mass is 262 g/mol. The van der Waals surface area contributed by atoms with E-state index < -0.39 is 0 Å². The number of nitrogens with one attached hydrogen (secondary N) is 1. The fraction of sp³-hybridized carbons (Fsp3) is 0.643. The van der Waals surface area contributed by atoms with Gasteiger partial charge in [-0.2, -0.15) is 11.3 Å². The smallest absolute Gasteiger partial charge is 0.252 e. The van der Waals surface area contributed by atoms with Crippen LogP contribution < -0.4 is 5.32 Å². The third kappa shape index (κ3) is 1.70. The Morgan fingerprint density at radius 1 is 1.28 bits per heavy atom. The van der Waals surface area contributed by atoms with Gasteiger partial charge in [0.1, 0.15) is 0 Å². The molecule has 0 spiro atoms. The summed E-state index contributed by atoms with van der Waals surface area (Å²) in [6.45, 7) is 3.70. The van der Waals surface area contributed by atoms with Crippen LogP contribution in [0.3, 0.4) is 0 Å². The van der Waals surface area contributed by atoms with E-state index in [1.165, 1.54) is 32.5 Å². The van der Waals surface area contributed by atoms with Gasteiger partial charge in [0.2, 0.25) is 0 Å². The van der Waals surface area contributed by atoms with Gasteiger partial charge in [0.05, 0.1) is 0 Å². The standard InChI is InChI=1S/C14H18N2OS/c17-14(10-1-2-18-8-10)15-13-11-3-9-4-12(13)7-16(5-9)6-11/h1-2,8-9,11-13H,3-7H2,(H,15,17). The van der Waals surface area contributed by atoms with Gasteiger partial charge in [0, 0.05) is 36.6 Å². The third-order valence-electron chi connectivity index (χ3n) is 4.87. The van der Waals surface area contributed by atoms with Crippen LogP contribution in [-0.4, -0.2) is 36.5 Å². The molecule has 4 heteroatoms. The molecule has 3 nitrogen and oxygen atoms in total. The van der Waals surface area contributed by atoms with Crippen molar-refractivity contribution in [1.29, 1.82) is 0 Å². The van der Waals surface area contributed by atoms with E-state index in [1.807, 2.05) is 16.8 Å². The number of hydrogen-bond donors (Lipinski definition) is 1. The predicted octanol–water partition coefficient (Wildman–Crippen LogP) is 1.82. The highest BCUT2D eigenvalue weighted by Crippen LogP contribution is 2.43. The number of carbonyl (C=O) groups is 1. The van der Waals surface area contributed by atoms with Crippen molar-refractivity contribution in [3.63, 3.8) is 0 Å². The van der Waals surface area contributed by atoms with Crippen molar-refractivity contribution in [2.24, 2.45) is 17.8 Å². The summed E-state index contributed by atoms with van der Waals surface area (Å²) in [5.41, 5.74) is 0.828.